The first-order valence-corrected chi connectivity index (χ1v) is 11.1. The summed E-state index contributed by atoms with van der Waals surface area (Å²) in [6.07, 6.45) is 1.45. The highest BCUT2D eigenvalue weighted by molar-refractivity contribution is 7.21. The summed E-state index contributed by atoms with van der Waals surface area (Å²) in [5.41, 5.74) is 14.5. The van der Waals surface area contributed by atoms with Gasteiger partial charge >= 0.3 is 0 Å². The molecule has 0 saturated carbocycles. The second kappa shape index (κ2) is 9.24. The first-order valence-electron chi connectivity index (χ1n) is 10.3. The Labute approximate surface area is 193 Å². The standard InChI is InChI=1S/C24H22N6O2S/c1-3-32-19-9-13(8-15-18(12-27)29-30-24(31)21(15)19)16(10-25)22(28-2)23-17(11-26)14-6-4-5-7-20(14)33-23/h4-10H,3,12,25,27H2,1-2H3,(H,30,31)/b16-10-,28-22?. The molecule has 0 aliphatic heterocycles. The maximum absolute atomic E-state index is 12.6. The van der Waals surface area contributed by atoms with E-state index >= 15 is 0 Å². The zero-order chi connectivity index (χ0) is 23.5. The van der Waals surface area contributed by atoms with Crippen LogP contribution in [0.15, 0.2) is 52.4 Å². The number of nitrogens with one attached hydrogen (secondary N) is 1. The normalized spacial score (nSPS) is 12.3. The van der Waals surface area contributed by atoms with Gasteiger partial charge in [-0.15, -0.1) is 11.3 Å². The van der Waals surface area contributed by atoms with Crippen LogP contribution in [0.25, 0.3) is 26.4 Å². The van der Waals surface area contributed by atoms with Crippen molar-refractivity contribution in [1.29, 1.82) is 5.26 Å². The third-order valence-corrected chi connectivity index (χ3v) is 6.48. The van der Waals surface area contributed by atoms with Crippen LogP contribution in [0.2, 0.25) is 0 Å². The fourth-order valence-electron chi connectivity index (χ4n) is 3.87. The lowest BCUT2D eigenvalue weighted by Gasteiger charge is -2.15. The number of aliphatic imine (C=N–C) groups is 1. The fourth-order valence-corrected chi connectivity index (χ4v) is 5.07. The Bertz CT molecular complexity index is 1520. The predicted molar refractivity (Wildman–Crippen MR) is 133 cm³/mol. The third kappa shape index (κ3) is 3.75. The average Bonchev–Trinajstić information content (AvgIpc) is 3.20. The third-order valence-electron chi connectivity index (χ3n) is 5.30. The van der Waals surface area contributed by atoms with Crippen molar-refractivity contribution in [3.63, 3.8) is 0 Å². The summed E-state index contributed by atoms with van der Waals surface area (Å²) in [5, 5.41) is 18.3. The van der Waals surface area contributed by atoms with E-state index in [1.54, 1.807) is 13.1 Å². The number of H-pyrrole nitrogens is 1. The highest BCUT2D eigenvalue weighted by atomic mass is 32.1. The Morgan fingerprint density at radius 2 is 2.12 bits per heavy atom. The molecule has 4 rings (SSSR count). The molecule has 0 spiro atoms. The van der Waals surface area contributed by atoms with Gasteiger partial charge in [0.25, 0.3) is 5.56 Å². The molecule has 33 heavy (non-hydrogen) atoms. The molecule has 0 saturated heterocycles. The quantitative estimate of drug-likeness (QED) is 0.378. The molecule has 9 heteroatoms. The van der Waals surface area contributed by atoms with Crippen LogP contribution in [0, 0.1) is 11.3 Å². The van der Waals surface area contributed by atoms with Gasteiger partial charge in [0, 0.05) is 40.8 Å². The molecule has 2 aromatic carbocycles. The molecule has 5 N–H and O–H groups in total. The van der Waals surface area contributed by atoms with Crippen LogP contribution in [0.3, 0.4) is 0 Å². The number of nitrogens with zero attached hydrogens (tertiary/aromatic N) is 3. The summed E-state index contributed by atoms with van der Waals surface area (Å²) in [4.78, 5) is 17.8. The van der Waals surface area contributed by atoms with Crippen molar-refractivity contribution in [3.05, 3.63) is 74.6 Å². The monoisotopic (exact) mass is 458 g/mol. The molecule has 0 fully saturated rings. The molecule has 0 aliphatic carbocycles. The molecule has 0 bridgehead atoms. The number of ether oxygens (including phenoxy) is 1. The smallest absolute Gasteiger partial charge is 0.275 e. The molecular formula is C24H22N6O2S. The van der Waals surface area contributed by atoms with Crippen LogP contribution in [-0.2, 0) is 6.54 Å². The Hall–Kier alpha value is -4.00. The summed E-state index contributed by atoms with van der Waals surface area (Å²) >= 11 is 1.48. The van der Waals surface area contributed by atoms with E-state index in [9.17, 15) is 10.1 Å². The maximum Gasteiger partial charge on any atom is 0.275 e. The largest absolute Gasteiger partial charge is 0.493 e. The van der Waals surface area contributed by atoms with Crippen LogP contribution < -0.4 is 21.8 Å². The number of hydrogen-bond acceptors (Lipinski definition) is 8. The molecule has 0 atom stereocenters. The Morgan fingerprint density at radius 1 is 1.33 bits per heavy atom. The fraction of sp³-hybridized carbons (Fsp3) is 0.167. The van der Waals surface area contributed by atoms with E-state index in [-0.39, 0.29) is 12.1 Å². The number of fused-ring (bicyclic) bond motifs is 2. The van der Waals surface area contributed by atoms with Gasteiger partial charge in [-0.2, -0.15) is 10.4 Å². The van der Waals surface area contributed by atoms with Crippen LogP contribution in [0.4, 0.5) is 0 Å². The number of benzene rings is 2. The van der Waals surface area contributed by atoms with Crippen molar-refractivity contribution < 1.29 is 4.74 Å². The van der Waals surface area contributed by atoms with Crippen molar-refractivity contribution in [3.8, 4) is 11.8 Å². The summed E-state index contributed by atoms with van der Waals surface area (Å²) in [6.45, 7) is 2.34. The van der Waals surface area contributed by atoms with Gasteiger partial charge < -0.3 is 16.2 Å². The van der Waals surface area contributed by atoms with Crippen molar-refractivity contribution in [2.75, 3.05) is 13.7 Å². The van der Waals surface area contributed by atoms with Gasteiger partial charge in [0.15, 0.2) is 0 Å². The number of rotatable bonds is 6. The molecule has 2 heterocycles. The van der Waals surface area contributed by atoms with Gasteiger partial charge in [0.1, 0.15) is 11.8 Å². The van der Waals surface area contributed by atoms with Gasteiger partial charge in [-0.25, -0.2) is 5.10 Å². The van der Waals surface area contributed by atoms with Crippen molar-refractivity contribution in [2.45, 2.75) is 13.5 Å². The van der Waals surface area contributed by atoms with Gasteiger partial charge in [0.05, 0.1) is 33.8 Å². The molecule has 0 aliphatic rings. The number of allylic oxidation sites excluding steroid dienone is 1. The summed E-state index contributed by atoms with van der Waals surface area (Å²) in [7, 11) is 1.66. The SMILES string of the molecule is CCOc1cc(/C(=C/N)C(=NC)c2sc3ccccc3c2C#N)cc2c(CN)n[nH]c(=O)c12. The molecule has 0 unspecified atom stereocenters. The lowest BCUT2D eigenvalue weighted by atomic mass is 9.95. The van der Waals surface area contributed by atoms with Gasteiger partial charge in [-0.05, 0) is 30.7 Å². The second-order valence-corrected chi connectivity index (χ2v) is 8.15. The first-order chi connectivity index (χ1) is 16.1. The highest BCUT2D eigenvalue weighted by Gasteiger charge is 2.22. The molecule has 8 nitrogen and oxygen atoms in total. The van der Waals surface area contributed by atoms with E-state index in [0.29, 0.717) is 51.2 Å². The van der Waals surface area contributed by atoms with E-state index in [4.69, 9.17) is 16.2 Å². The topological polar surface area (TPSA) is 143 Å². The number of aromatic nitrogens is 2. The van der Waals surface area contributed by atoms with Crippen molar-refractivity contribution in [1.82, 2.24) is 10.2 Å². The van der Waals surface area contributed by atoms with Crippen LogP contribution in [-0.4, -0.2) is 29.6 Å². The number of thiophene rings is 1. The number of aromatic amines is 1. The summed E-state index contributed by atoms with van der Waals surface area (Å²) < 4.78 is 6.78. The van der Waals surface area contributed by atoms with E-state index in [0.717, 1.165) is 15.0 Å². The average molecular weight is 459 g/mol. The predicted octanol–water partition coefficient (Wildman–Crippen LogP) is 3.29. The molecule has 166 valence electrons. The number of hydrogen-bond donors (Lipinski definition) is 3. The van der Waals surface area contributed by atoms with E-state index < -0.39 is 0 Å². The maximum atomic E-state index is 12.6. The zero-order valence-corrected chi connectivity index (χ0v) is 19.0. The minimum atomic E-state index is -0.365. The van der Waals surface area contributed by atoms with Crippen LogP contribution >= 0.6 is 11.3 Å². The van der Waals surface area contributed by atoms with Gasteiger partial charge in [0.2, 0.25) is 0 Å². The summed E-state index contributed by atoms with van der Waals surface area (Å²) in [6, 6.07) is 13.6. The van der Waals surface area contributed by atoms with Crippen molar-refractivity contribution >= 4 is 43.5 Å². The minimum absolute atomic E-state index is 0.133. The van der Waals surface area contributed by atoms with E-state index in [2.05, 4.69) is 21.3 Å². The Morgan fingerprint density at radius 3 is 2.79 bits per heavy atom. The minimum Gasteiger partial charge on any atom is -0.493 e. The Balaban J connectivity index is 1.98. The molecule has 4 aromatic rings. The van der Waals surface area contributed by atoms with Crippen molar-refractivity contribution in [2.24, 2.45) is 16.5 Å². The first kappa shape index (κ1) is 22.2. The number of nitrogens with two attached hydrogens (primary N) is 2. The summed E-state index contributed by atoms with van der Waals surface area (Å²) in [5.74, 6) is 0.398. The van der Waals surface area contributed by atoms with E-state index in [1.807, 2.05) is 37.3 Å². The molecule has 0 radical (unpaired) electrons. The second-order valence-electron chi connectivity index (χ2n) is 7.10. The lowest BCUT2D eigenvalue weighted by molar-refractivity contribution is 0.344. The highest BCUT2D eigenvalue weighted by Crippen LogP contribution is 2.36. The van der Waals surface area contributed by atoms with Crippen LogP contribution in [0.1, 0.15) is 28.6 Å². The molecular weight excluding hydrogens is 436 g/mol. The van der Waals surface area contributed by atoms with Gasteiger partial charge in [-0.3, -0.25) is 9.79 Å². The number of nitriles is 1. The van der Waals surface area contributed by atoms with Crippen LogP contribution in [0.5, 0.6) is 5.75 Å². The van der Waals surface area contributed by atoms with Gasteiger partial charge in [-0.1, -0.05) is 18.2 Å². The van der Waals surface area contributed by atoms with E-state index in [1.165, 1.54) is 17.5 Å². The lowest BCUT2D eigenvalue weighted by Crippen LogP contribution is -2.15. The molecule has 0 amide bonds. The molecule has 2 aromatic heterocycles. The Kier molecular flexibility index (Phi) is 6.22. The zero-order valence-electron chi connectivity index (χ0n) is 18.2.